The lowest BCUT2D eigenvalue weighted by atomic mass is 10.0. The molecule has 0 aliphatic rings. The third-order valence-electron chi connectivity index (χ3n) is 3.36. The van der Waals surface area contributed by atoms with Gasteiger partial charge in [-0.3, -0.25) is 0 Å². The first-order chi connectivity index (χ1) is 9.54. The van der Waals surface area contributed by atoms with Crippen LogP contribution >= 0.6 is 0 Å². The van der Waals surface area contributed by atoms with Crippen molar-refractivity contribution in [1.82, 2.24) is 5.32 Å². The molecular formula is C17H25NO2. The van der Waals surface area contributed by atoms with E-state index in [0.717, 1.165) is 18.7 Å². The second kappa shape index (κ2) is 8.63. The zero-order chi connectivity index (χ0) is 15.0. The van der Waals surface area contributed by atoms with Crippen LogP contribution < -0.4 is 10.1 Å². The van der Waals surface area contributed by atoms with Gasteiger partial charge >= 0.3 is 0 Å². The summed E-state index contributed by atoms with van der Waals surface area (Å²) in [6.07, 6.45) is 5.68. The monoisotopic (exact) mass is 275 g/mol. The Labute approximate surface area is 122 Å². The molecule has 0 amide bonds. The van der Waals surface area contributed by atoms with Crippen LogP contribution in [-0.2, 0) is 0 Å². The molecule has 0 aromatic heterocycles. The Morgan fingerprint density at radius 3 is 2.45 bits per heavy atom. The molecule has 2 atom stereocenters. The quantitative estimate of drug-likeness (QED) is 0.717. The van der Waals surface area contributed by atoms with Gasteiger partial charge in [0, 0.05) is 6.04 Å². The fourth-order valence-electron chi connectivity index (χ4n) is 1.88. The zero-order valence-electron chi connectivity index (χ0n) is 12.6. The Balaban J connectivity index is 2.39. The van der Waals surface area contributed by atoms with E-state index in [2.05, 4.69) is 18.2 Å². The topological polar surface area (TPSA) is 41.5 Å². The summed E-state index contributed by atoms with van der Waals surface area (Å²) < 4.78 is 5.34. The first-order valence-corrected chi connectivity index (χ1v) is 7.12. The highest BCUT2D eigenvalue weighted by Gasteiger charge is 2.10. The number of benzene rings is 1. The molecule has 1 rings (SSSR count). The van der Waals surface area contributed by atoms with Gasteiger partial charge < -0.3 is 15.2 Å². The minimum atomic E-state index is -0.241. The van der Waals surface area contributed by atoms with E-state index in [9.17, 15) is 5.11 Å². The minimum Gasteiger partial charge on any atom is -0.481 e. The van der Waals surface area contributed by atoms with Gasteiger partial charge in [0.2, 0.25) is 0 Å². The highest BCUT2D eigenvalue weighted by atomic mass is 16.5. The van der Waals surface area contributed by atoms with E-state index in [1.807, 2.05) is 38.1 Å². The number of rotatable bonds is 8. The summed E-state index contributed by atoms with van der Waals surface area (Å²) in [4.78, 5) is 0. The van der Waals surface area contributed by atoms with Gasteiger partial charge in [-0.05, 0) is 43.5 Å². The van der Waals surface area contributed by atoms with Gasteiger partial charge in [-0.25, -0.2) is 0 Å². The second-order valence-corrected chi connectivity index (χ2v) is 5.34. The Morgan fingerprint density at radius 1 is 1.25 bits per heavy atom. The van der Waals surface area contributed by atoms with E-state index in [0.29, 0.717) is 12.5 Å². The molecule has 0 heterocycles. The maximum atomic E-state index is 9.76. The van der Waals surface area contributed by atoms with Gasteiger partial charge in [-0.15, -0.1) is 6.42 Å². The fraction of sp³-hybridized carbons (Fsp3) is 0.529. The molecule has 1 aromatic carbocycles. The van der Waals surface area contributed by atoms with Crippen molar-refractivity contribution in [2.75, 3.05) is 13.2 Å². The van der Waals surface area contributed by atoms with Crippen molar-refractivity contribution < 1.29 is 9.84 Å². The van der Waals surface area contributed by atoms with E-state index in [-0.39, 0.29) is 12.1 Å². The molecule has 3 heteroatoms. The number of aliphatic hydroxyl groups is 1. The normalized spacial score (nSPS) is 13.8. The van der Waals surface area contributed by atoms with Crippen molar-refractivity contribution >= 4 is 0 Å². The molecule has 2 unspecified atom stereocenters. The fourth-order valence-corrected chi connectivity index (χ4v) is 1.88. The third-order valence-corrected chi connectivity index (χ3v) is 3.36. The zero-order valence-corrected chi connectivity index (χ0v) is 12.6. The average Bonchev–Trinajstić information content (AvgIpc) is 2.45. The molecular weight excluding hydrogens is 250 g/mol. The summed E-state index contributed by atoms with van der Waals surface area (Å²) in [6, 6.07) is 8.16. The minimum absolute atomic E-state index is 0.241. The second-order valence-electron chi connectivity index (χ2n) is 5.34. The molecule has 0 aliphatic carbocycles. The standard InChI is InChI=1S/C17H25NO2/c1-5-12-20-16-8-6-15(7-9-16)14(4)18-11-10-17(19)13(2)3/h1,6-9,13-14,17-19H,10-12H2,2-4H3. The van der Waals surface area contributed by atoms with Crippen LogP contribution in [0.25, 0.3) is 0 Å². The molecule has 0 fully saturated rings. The summed E-state index contributed by atoms with van der Waals surface area (Å²) in [5.41, 5.74) is 1.19. The summed E-state index contributed by atoms with van der Waals surface area (Å²) in [6.45, 7) is 7.27. The van der Waals surface area contributed by atoms with Crippen LogP contribution in [0.3, 0.4) is 0 Å². The van der Waals surface area contributed by atoms with Crippen LogP contribution in [0.15, 0.2) is 24.3 Å². The number of aliphatic hydroxyl groups excluding tert-OH is 1. The van der Waals surface area contributed by atoms with Gasteiger partial charge in [-0.2, -0.15) is 0 Å². The van der Waals surface area contributed by atoms with Crippen LogP contribution in [0.1, 0.15) is 38.8 Å². The Morgan fingerprint density at radius 2 is 1.90 bits per heavy atom. The maximum Gasteiger partial charge on any atom is 0.148 e. The smallest absolute Gasteiger partial charge is 0.148 e. The van der Waals surface area contributed by atoms with Gasteiger partial charge in [-0.1, -0.05) is 31.9 Å². The molecule has 0 saturated heterocycles. The van der Waals surface area contributed by atoms with Crippen LogP contribution in [0.2, 0.25) is 0 Å². The Kier molecular flexibility index (Phi) is 7.14. The number of hydrogen-bond donors (Lipinski definition) is 2. The van der Waals surface area contributed by atoms with E-state index >= 15 is 0 Å². The summed E-state index contributed by atoms with van der Waals surface area (Å²) in [5, 5.41) is 13.2. The van der Waals surface area contributed by atoms with Crippen molar-refractivity contribution in [2.24, 2.45) is 5.92 Å². The molecule has 110 valence electrons. The lowest BCUT2D eigenvalue weighted by molar-refractivity contribution is 0.115. The van der Waals surface area contributed by atoms with Crippen molar-refractivity contribution in [3.05, 3.63) is 29.8 Å². The Hall–Kier alpha value is -1.50. The maximum absolute atomic E-state index is 9.76. The number of ether oxygens (including phenoxy) is 1. The van der Waals surface area contributed by atoms with E-state index in [4.69, 9.17) is 11.2 Å². The Bertz CT molecular complexity index is 420. The number of hydrogen-bond acceptors (Lipinski definition) is 3. The summed E-state index contributed by atoms with van der Waals surface area (Å²) in [5.74, 6) is 3.53. The molecule has 2 N–H and O–H groups in total. The predicted octanol–water partition coefficient (Wildman–Crippen LogP) is 2.76. The van der Waals surface area contributed by atoms with Crippen molar-refractivity contribution in [1.29, 1.82) is 0 Å². The van der Waals surface area contributed by atoms with Crippen LogP contribution in [-0.4, -0.2) is 24.4 Å². The predicted molar refractivity (Wildman–Crippen MR) is 82.6 cm³/mol. The van der Waals surface area contributed by atoms with Gasteiger partial charge in [0.05, 0.1) is 6.10 Å². The van der Waals surface area contributed by atoms with Crippen molar-refractivity contribution in [3.63, 3.8) is 0 Å². The summed E-state index contributed by atoms with van der Waals surface area (Å²) >= 11 is 0. The molecule has 0 radical (unpaired) electrons. The largest absolute Gasteiger partial charge is 0.481 e. The third kappa shape index (κ3) is 5.64. The molecule has 0 aliphatic heterocycles. The molecule has 0 spiro atoms. The highest BCUT2D eigenvalue weighted by molar-refractivity contribution is 5.29. The van der Waals surface area contributed by atoms with Gasteiger partial charge in [0.25, 0.3) is 0 Å². The van der Waals surface area contributed by atoms with Crippen LogP contribution in [0.5, 0.6) is 5.75 Å². The first kappa shape index (κ1) is 16.6. The lowest BCUT2D eigenvalue weighted by Crippen LogP contribution is -2.25. The van der Waals surface area contributed by atoms with E-state index in [1.165, 1.54) is 5.56 Å². The van der Waals surface area contributed by atoms with E-state index < -0.39 is 0 Å². The van der Waals surface area contributed by atoms with Crippen molar-refractivity contribution in [3.8, 4) is 18.1 Å². The molecule has 0 saturated carbocycles. The molecule has 0 bridgehead atoms. The van der Waals surface area contributed by atoms with Crippen LogP contribution in [0.4, 0.5) is 0 Å². The number of terminal acetylenes is 1. The molecule has 1 aromatic rings. The lowest BCUT2D eigenvalue weighted by Gasteiger charge is -2.18. The average molecular weight is 275 g/mol. The SMILES string of the molecule is C#CCOc1ccc(C(C)NCCC(O)C(C)C)cc1. The molecule has 20 heavy (non-hydrogen) atoms. The first-order valence-electron chi connectivity index (χ1n) is 7.12. The van der Waals surface area contributed by atoms with Gasteiger partial charge in [0.15, 0.2) is 0 Å². The van der Waals surface area contributed by atoms with Crippen molar-refractivity contribution in [2.45, 2.75) is 39.3 Å². The van der Waals surface area contributed by atoms with Crippen LogP contribution in [0, 0.1) is 18.3 Å². The van der Waals surface area contributed by atoms with Gasteiger partial charge in [0.1, 0.15) is 12.4 Å². The van der Waals surface area contributed by atoms with E-state index in [1.54, 1.807) is 0 Å². The summed E-state index contributed by atoms with van der Waals surface area (Å²) in [7, 11) is 0. The number of nitrogens with one attached hydrogen (secondary N) is 1. The highest BCUT2D eigenvalue weighted by Crippen LogP contribution is 2.17. The molecule has 3 nitrogen and oxygen atoms in total.